The van der Waals surface area contributed by atoms with Gasteiger partial charge in [-0.05, 0) is 78.5 Å². The summed E-state index contributed by atoms with van der Waals surface area (Å²) in [5.41, 5.74) is 7.88. The maximum atomic E-state index is 6.20. The van der Waals surface area contributed by atoms with Gasteiger partial charge in [-0.25, -0.2) is 0 Å². The van der Waals surface area contributed by atoms with E-state index in [4.69, 9.17) is 4.74 Å². The van der Waals surface area contributed by atoms with Crippen LogP contribution in [0.2, 0.25) is 0 Å². The first-order valence-electron chi connectivity index (χ1n) is 14.4. The molecule has 0 saturated carbocycles. The van der Waals surface area contributed by atoms with E-state index >= 15 is 0 Å². The lowest BCUT2D eigenvalue weighted by Gasteiger charge is -2.41. The van der Waals surface area contributed by atoms with E-state index < -0.39 is 0 Å². The molecule has 1 saturated heterocycles. The molecule has 0 amide bonds. The summed E-state index contributed by atoms with van der Waals surface area (Å²) in [7, 11) is 2.26. The fraction of sp³-hybridized carbons (Fsp3) is 0.314. The summed E-state index contributed by atoms with van der Waals surface area (Å²) in [6.07, 6.45) is 2.19. The predicted molar refractivity (Wildman–Crippen MR) is 162 cm³/mol. The van der Waals surface area contributed by atoms with Crippen molar-refractivity contribution in [2.75, 3.05) is 43.0 Å². The zero-order valence-electron chi connectivity index (χ0n) is 23.2. The summed E-state index contributed by atoms with van der Waals surface area (Å²) in [4.78, 5) is 7.61. The zero-order chi connectivity index (χ0) is 26.6. The molecule has 2 unspecified atom stereocenters. The Balaban J connectivity index is 1.28. The number of para-hydroxylation sites is 1. The first kappa shape index (κ1) is 25.5. The van der Waals surface area contributed by atoms with Crippen molar-refractivity contribution in [2.24, 2.45) is 0 Å². The van der Waals surface area contributed by atoms with E-state index in [1.165, 1.54) is 40.0 Å². The monoisotopic (exact) mass is 517 g/mol. The summed E-state index contributed by atoms with van der Waals surface area (Å²) in [5.74, 6) is 0.945. The number of benzene rings is 4. The van der Waals surface area contributed by atoms with Crippen molar-refractivity contribution < 1.29 is 4.74 Å². The molecule has 4 aromatic carbocycles. The number of fused-ring (bicyclic) bond motifs is 1. The Labute approximate surface area is 233 Å². The van der Waals surface area contributed by atoms with Gasteiger partial charge < -0.3 is 14.5 Å². The third-order valence-electron chi connectivity index (χ3n) is 8.50. The van der Waals surface area contributed by atoms with Gasteiger partial charge in [0.05, 0.1) is 6.04 Å². The Kier molecular flexibility index (Phi) is 7.55. The SMILES string of the molecule is CCC1CN(c2ccc(C3c4ccc(OCc5ccccc5)cc4CCN3c3ccccc3)cc2)CCN1C. The van der Waals surface area contributed by atoms with E-state index in [9.17, 15) is 0 Å². The van der Waals surface area contributed by atoms with Gasteiger partial charge in [0, 0.05) is 43.6 Å². The fourth-order valence-electron chi connectivity index (χ4n) is 6.18. The van der Waals surface area contributed by atoms with Crippen LogP contribution in [-0.4, -0.2) is 44.2 Å². The number of piperazine rings is 1. The summed E-state index contributed by atoms with van der Waals surface area (Å²) in [6.45, 7) is 7.16. The first-order chi connectivity index (χ1) is 19.2. The van der Waals surface area contributed by atoms with Crippen molar-refractivity contribution in [2.45, 2.75) is 38.5 Å². The molecule has 0 aliphatic carbocycles. The van der Waals surface area contributed by atoms with E-state index in [-0.39, 0.29) is 6.04 Å². The Morgan fingerprint density at radius 2 is 1.51 bits per heavy atom. The van der Waals surface area contributed by atoms with E-state index in [1.54, 1.807) is 0 Å². The first-order valence-corrected chi connectivity index (χ1v) is 14.4. The minimum absolute atomic E-state index is 0.171. The molecule has 2 aliphatic rings. The smallest absolute Gasteiger partial charge is 0.120 e. The molecule has 6 rings (SSSR count). The number of hydrogen-bond donors (Lipinski definition) is 0. The van der Waals surface area contributed by atoms with Crippen LogP contribution in [-0.2, 0) is 13.0 Å². The number of ether oxygens (including phenoxy) is 1. The van der Waals surface area contributed by atoms with Crippen LogP contribution < -0.4 is 14.5 Å². The minimum atomic E-state index is 0.171. The lowest BCUT2D eigenvalue weighted by molar-refractivity contribution is 0.213. The average Bonchev–Trinajstić information content (AvgIpc) is 3.00. The van der Waals surface area contributed by atoms with Gasteiger partial charge in [0.1, 0.15) is 12.4 Å². The van der Waals surface area contributed by atoms with Gasteiger partial charge in [0.2, 0.25) is 0 Å². The van der Waals surface area contributed by atoms with E-state index in [2.05, 4.69) is 126 Å². The average molecular weight is 518 g/mol. The zero-order valence-corrected chi connectivity index (χ0v) is 23.2. The Hall–Kier alpha value is -3.76. The molecule has 0 radical (unpaired) electrons. The Morgan fingerprint density at radius 3 is 2.26 bits per heavy atom. The van der Waals surface area contributed by atoms with Gasteiger partial charge in [0.25, 0.3) is 0 Å². The fourth-order valence-corrected chi connectivity index (χ4v) is 6.18. The Bertz CT molecular complexity index is 1360. The van der Waals surface area contributed by atoms with Crippen LogP contribution in [0.15, 0.2) is 103 Å². The van der Waals surface area contributed by atoms with Crippen LogP contribution in [0.3, 0.4) is 0 Å². The third kappa shape index (κ3) is 5.53. The van der Waals surface area contributed by atoms with Gasteiger partial charge >= 0.3 is 0 Å². The number of nitrogens with zero attached hydrogens (tertiary/aromatic N) is 3. The summed E-state index contributed by atoms with van der Waals surface area (Å²) in [5, 5.41) is 0. The molecule has 0 aromatic heterocycles. The van der Waals surface area contributed by atoms with Crippen molar-refractivity contribution in [3.63, 3.8) is 0 Å². The second-order valence-electron chi connectivity index (χ2n) is 10.9. The van der Waals surface area contributed by atoms with Crippen molar-refractivity contribution >= 4 is 11.4 Å². The van der Waals surface area contributed by atoms with Crippen molar-refractivity contribution in [3.05, 3.63) is 125 Å². The number of anilines is 2. The van der Waals surface area contributed by atoms with Crippen molar-refractivity contribution in [1.29, 1.82) is 0 Å². The molecule has 0 N–H and O–H groups in total. The number of rotatable bonds is 7. The van der Waals surface area contributed by atoms with Crippen LogP contribution in [0, 0.1) is 0 Å². The highest BCUT2D eigenvalue weighted by Crippen LogP contribution is 2.40. The van der Waals surface area contributed by atoms with Crippen LogP contribution in [0.25, 0.3) is 0 Å². The maximum absolute atomic E-state index is 6.20. The van der Waals surface area contributed by atoms with E-state index in [1.807, 2.05) is 6.07 Å². The molecule has 4 heteroatoms. The van der Waals surface area contributed by atoms with Crippen LogP contribution in [0.5, 0.6) is 5.75 Å². The van der Waals surface area contributed by atoms with Gasteiger partial charge in [0.15, 0.2) is 0 Å². The molecular weight excluding hydrogens is 478 g/mol. The molecule has 2 aliphatic heterocycles. The highest BCUT2D eigenvalue weighted by atomic mass is 16.5. The molecule has 0 spiro atoms. The molecule has 1 fully saturated rings. The third-order valence-corrected chi connectivity index (χ3v) is 8.50. The number of likely N-dealkylation sites (N-methyl/N-ethyl adjacent to an activating group) is 1. The molecule has 200 valence electrons. The second-order valence-corrected chi connectivity index (χ2v) is 10.9. The quantitative estimate of drug-likeness (QED) is 0.264. The van der Waals surface area contributed by atoms with E-state index in [0.717, 1.165) is 38.3 Å². The van der Waals surface area contributed by atoms with Crippen molar-refractivity contribution in [1.82, 2.24) is 4.90 Å². The normalized spacial score (nSPS) is 19.5. The van der Waals surface area contributed by atoms with Crippen LogP contribution in [0.1, 0.15) is 41.6 Å². The molecule has 4 nitrogen and oxygen atoms in total. The Morgan fingerprint density at radius 1 is 0.769 bits per heavy atom. The lowest BCUT2D eigenvalue weighted by Crippen LogP contribution is -2.51. The van der Waals surface area contributed by atoms with Gasteiger partial charge in [-0.2, -0.15) is 0 Å². The summed E-state index contributed by atoms with van der Waals surface area (Å²) >= 11 is 0. The van der Waals surface area contributed by atoms with Crippen LogP contribution in [0.4, 0.5) is 11.4 Å². The highest BCUT2D eigenvalue weighted by Gasteiger charge is 2.30. The van der Waals surface area contributed by atoms with Crippen molar-refractivity contribution in [3.8, 4) is 5.75 Å². The van der Waals surface area contributed by atoms with Gasteiger partial charge in [-0.15, -0.1) is 0 Å². The molecule has 39 heavy (non-hydrogen) atoms. The predicted octanol–water partition coefficient (Wildman–Crippen LogP) is 6.95. The summed E-state index contributed by atoms with van der Waals surface area (Å²) in [6, 6.07) is 38.1. The van der Waals surface area contributed by atoms with Crippen LogP contribution >= 0.6 is 0 Å². The maximum Gasteiger partial charge on any atom is 0.120 e. The van der Waals surface area contributed by atoms with E-state index in [0.29, 0.717) is 12.6 Å². The topological polar surface area (TPSA) is 19.0 Å². The molecule has 2 heterocycles. The lowest BCUT2D eigenvalue weighted by atomic mass is 9.87. The molecule has 4 aromatic rings. The molecule has 0 bridgehead atoms. The standard InChI is InChI=1S/C35H39N3O/c1-3-30-25-37(23-22-36(30)2)31-16-14-28(15-17-31)35-34-19-18-33(39-26-27-10-6-4-7-11-27)24-29(34)20-21-38(35)32-12-8-5-9-13-32/h4-19,24,30,35H,3,20-23,25-26H2,1-2H3. The minimum Gasteiger partial charge on any atom is -0.489 e. The number of hydrogen-bond acceptors (Lipinski definition) is 4. The second kappa shape index (κ2) is 11.5. The molecular formula is C35H39N3O. The van der Waals surface area contributed by atoms with Gasteiger partial charge in [-0.3, -0.25) is 4.90 Å². The molecule has 2 atom stereocenters. The highest BCUT2D eigenvalue weighted by molar-refractivity contribution is 5.58. The summed E-state index contributed by atoms with van der Waals surface area (Å²) < 4.78 is 6.20. The van der Waals surface area contributed by atoms with Gasteiger partial charge in [-0.1, -0.05) is 73.7 Å². The largest absolute Gasteiger partial charge is 0.489 e.